The fraction of sp³-hybridized carbons (Fsp3) is 0.350. The Bertz CT molecular complexity index is 695. The summed E-state index contributed by atoms with van der Waals surface area (Å²) >= 11 is 0. The molecule has 0 spiro atoms. The first kappa shape index (κ1) is 16.9. The van der Waals surface area contributed by atoms with E-state index in [9.17, 15) is 4.79 Å². The Hall–Kier alpha value is -2.49. The number of rotatable bonds is 3. The van der Waals surface area contributed by atoms with Crippen LogP contribution < -0.4 is 0 Å². The van der Waals surface area contributed by atoms with Gasteiger partial charge in [0, 0.05) is 26.9 Å². The molecule has 118 valence electrons. The summed E-state index contributed by atoms with van der Waals surface area (Å²) in [6, 6.07) is 9.72. The van der Waals surface area contributed by atoms with E-state index in [2.05, 4.69) is 23.7 Å². The highest BCUT2D eigenvalue weighted by molar-refractivity contribution is 5.70. The number of esters is 1. The summed E-state index contributed by atoms with van der Waals surface area (Å²) in [5.41, 5.74) is 1.49. The van der Waals surface area contributed by atoms with Crippen molar-refractivity contribution in [3.8, 4) is 23.7 Å². The molecule has 0 fully saturated rings. The van der Waals surface area contributed by atoms with Crippen LogP contribution in [0, 0.1) is 23.7 Å². The highest BCUT2D eigenvalue weighted by Crippen LogP contribution is 2.25. The zero-order chi connectivity index (χ0) is 16.5. The standard InChI is InChI=1S/C20H20O3/c1-17(21)23-20(22-2)15-11-6-4-3-5-10-14-19(20)16-18-12-8-7-9-13-18/h7-9,12-13,16H,3-6H2,1-2H3. The molecular weight excluding hydrogens is 288 g/mol. The van der Waals surface area contributed by atoms with Crippen molar-refractivity contribution in [1.29, 1.82) is 0 Å². The number of hydrogen-bond acceptors (Lipinski definition) is 3. The molecule has 0 saturated heterocycles. The first-order valence-corrected chi connectivity index (χ1v) is 7.67. The minimum Gasteiger partial charge on any atom is -0.416 e. The molecular formula is C20H20O3. The van der Waals surface area contributed by atoms with Gasteiger partial charge in [-0.1, -0.05) is 48.1 Å². The van der Waals surface area contributed by atoms with Gasteiger partial charge in [-0.05, 0) is 30.4 Å². The van der Waals surface area contributed by atoms with E-state index in [1.54, 1.807) is 0 Å². The van der Waals surface area contributed by atoms with Crippen LogP contribution in [-0.2, 0) is 14.3 Å². The molecule has 1 atom stereocenters. The third-order valence-corrected chi connectivity index (χ3v) is 3.37. The Balaban J connectivity index is 2.55. The maximum Gasteiger partial charge on any atom is 0.313 e. The van der Waals surface area contributed by atoms with Gasteiger partial charge >= 0.3 is 11.8 Å². The number of carbonyl (C=O) groups excluding carboxylic acids is 1. The fourth-order valence-corrected chi connectivity index (χ4v) is 2.25. The van der Waals surface area contributed by atoms with Crippen LogP contribution in [0.15, 0.2) is 35.9 Å². The van der Waals surface area contributed by atoms with E-state index in [4.69, 9.17) is 9.47 Å². The van der Waals surface area contributed by atoms with Gasteiger partial charge in [-0.3, -0.25) is 4.79 Å². The van der Waals surface area contributed by atoms with E-state index < -0.39 is 11.8 Å². The molecule has 0 N–H and O–H groups in total. The van der Waals surface area contributed by atoms with Crippen molar-refractivity contribution in [2.45, 2.75) is 38.4 Å². The van der Waals surface area contributed by atoms with Crippen molar-refractivity contribution in [2.24, 2.45) is 0 Å². The van der Waals surface area contributed by atoms with Crippen LogP contribution in [0.25, 0.3) is 6.08 Å². The van der Waals surface area contributed by atoms with Crippen molar-refractivity contribution in [2.75, 3.05) is 7.11 Å². The summed E-state index contributed by atoms with van der Waals surface area (Å²) in [6.45, 7) is 1.34. The topological polar surface area (TPSA) is 35.5 Å². The fourth-order valence-electron chi connectivity index (χ4n) is 2.25. The van der Waals surface area contributed by atoms with Gasteiger partial charge in [0.1, 0.15) is 0 Å². The van der Waals surface area contributed by atoms with Gasteiger partial charge in [0.25, 0.3) is 0 Å². The molecule has 1 aromatic rings. The van der Waals surface area contributed by atoms with E-state index in [0.717, 1.165) is 31.2 Å². The second-order valence-electron chi connectivity index (χ2n) is 5.19. The number of methoxy groups -OCH3 is 1. The minimum absolute atomic E-state index is 0.459. The molecule has 23 heavy (non-hydrogen) atoms. The maximum absolute atomic E-state index is 11.6. The van der Waals surface area contributed by atoms with Crippen molar-refractivity contribution in [3.63, 3.8) is 0 Å². The van der Waals surface area contributed by atoms with E-state index in [-0.39, 0.29) is 0 Å². The molecule has 0 amide bonds. The van der Waals surface area contributed by atoms with Crippen LogP contribution in [0.4, 0.5) is 0 Å². The summed E-state index contributed by atoms with van der Waals surface area (Å²) in [7, 11) is 1.48. The monoisotopic (exact) mass is 308 g/mol. The highest BCUT2D eigenvalue weighted by Gasteiger charge is 2.36. The van der Waals surface area contributed by atoms with E-state index in [1.165, 1.54) is 14.0 Å². The van der Waals surface area contributed by atoms with Crippen LogP contribution >= 0.6 is 0 Å². The smallest absolute Gasteiger partial charge is 0.313 e. The summed E-state index contributed by atoms with van der Waals surface area (Å²) < 4.78 is 11.0. The van der Waals surface area contributed by atoms with Gasteiger partial charge in [-0.15, -0.1) is 0 Å². The normalized spacial score (nSPS) is 22.3. The van der Waals surface area contributed by atoms with Crippen LogP contribution in [0.1, 0.15) is 38.2 Å². The zero-order valence-electron chi connectivity index (χ0n) is 13.5. The number of ether oxygens (including phenoxy) is 2. The summed E-state index contributed by atoms with van der Waals surface area (Å²) in [5.74, 6) is 10.3. The Morgan fingerprint density at radius 3 is 2.52 bits per heavy atom. The van der Waals surface area contributed by atoms with Crippen molar-refractivity contribution < 1.29 is 14.3 Å². The third kappa shape index (κ3) is 4.74. The lowest BCUT2D eigenvalue weighted by Crippen LogP contribution is -2.37. The van der Waals surface area contributed by atoms with Crippen LogP contribution in [-0.4, -0.2) is 18.9 Å². The van der Waals surface area contributed by atoms with Gasteiger partial charge in [-0.2, -0.15) is 0 Å². The third-order valence-electron chi connectivity index (χ3n) is 3.37. The number of hydrogen-bond donors (Lipinski definition) is 0. The Kier molecular flexibility index (Phi) is 6.03. The largest absolute Gasteiger partial charge is 0.416 e. The van der Waals surface area contributed by atoms with Gasteiger partial charge < -0.3 is 9.47 Å². The molecule has 0 heterocycles. The van der Waals surface area contributed by atoms with Gasteiger partial charge in [-0.25, -0.2) is 0 Å². The quantitative estimate of drug-likeness (QED) is 0.486. The zero-order valence-corrected chi connectivity index (χ0v) is 13.5. The maximum atomic E-state index is 11.6. The van der Waals surface area contributed by atoms with Crippen LogP contribution in [0.5, 0.6) is 0 Å². The van der Waals surface area contributed by atoms with Crippen molar-refractivity contribution in [3.05, 3.63) is 41.5 Å². The van der Waals surface area contributed by atoms with Crippen molar-refractivity contribution >= 4 is 12.0 Å². The highest BCUT2D eigenvalue weighted by atomic mass is 16.7. The van der Waals surface area contributed by atoms with Gasteiger partial charge in [0.05, 0.1) is 5.57 Å². The molecule has 3 nitrogen and oxygen atoms in total. The molecule has 1 aromatic carbocycles. The summed E-state index contributed by atoms with van der Waals surface area (Å²) in [5, 5.41) is 0. The van der Waals surface area contributed by atoms with E-state index in [0.29, 0.717) is 5.57 Å². The minimum atomic E-state index is -1.45. The second kappa shape index (κ2) is 8.22. The van der Waals surface area contributed by atoms with Crippen LogP contribution in [0.2, 0.25) is 0 Å². The average Bonchev–Trinajstić information content (AvgIpc) is 2.55. The first-order chi connectivity index (χ1) is 11.2. The Labute approximate surface area is 137 Å². The molecule has 1 aliphatic carbocycles. The molecule has 0 aliphatic heterocycles. The number of benzene rings is 1. The van der Waals surface area contributed by atoms with Gasteiger partial charge in [0.15, 0.2) is 0 Å². The first-order valence-electron chi connectivity index (χ1n) is 7.67. The summed E-state index contributed by atoms with van der Waals surface area (Å²) in [6.07, 6.45) is 5.35. The molecule has 1 aliphatic rings. The molecule has 2 rings (SSSR count). The average molecular weight is 308 g/mol. The summed E-state index contributed by atoms with van der Waals surface area (Å²) in [4.78, 5) is 11.6. The lowest BCUT2D eigenvalue weighted by atomic mass is 10.0. The molecule has 3 heteroatoms. The SMILES string of the molecule is COC1(OC(C)=O)C#CCCCCC#CC1=Cc1ccccc1. The van der Waals surface area contributed by atoms with Crippen LogP contribution in [0.3, 0.4) is 0 Å². The predicted octanol–water partition coefficient (Wildman–Crippen LogP) is 3.56. The van der Waals surface area contributed by atoms with E-state index >= 15 is 0 Å². The molecule has 1 unspecified atom stereocenters. The lowest BCUT2D eigenvalue weighted by Gasteiger charge is -2.26. The molecule has 0 aromatic heterocycles. The van der Waals surface area contributed by atoms with E-state index in [1.807, 2.05) is 36.4 Å². The Morgan fingerprint density at radius 2 is 1.87 bits per heavy atom. The lowest BCUT2D eigenvalue weighted by molar-refractivity contribution is -0.180. The predicted molar refractivity (Wildman–Crippen MR) is 89.9 cm³/mol. The number of carbonyl (C=O) groups is 1. The van der Waals surface area contributed by atoms with Crippen molar-refractivity contribution in [1.82, 2.24) is 0 Å². The molecule has 0 radical (unpaired) electrons. The second-order valence-corrected chi connectivity index (χ2v) is 5.19. The molecule has 0 saturated carbocycles. The molecule has 0 bridgehead atoms. The van der Waals surface area contributed by atoms with Gasteiger partial charge in [0.2, 0.25) is 0 Å². The Morgan fingerprint density at radius 1 is 1.17 bits per heavy atom.